The van der Waals surface area contributed by atoms with Crippen molar-refractivity contribution in [3.05, 3.63) is 87.4 Å². The molecule has 2 aromatic carbocycles. The molecule has 7 heteroatoms. The summed E-state index contributed by atoms with van der Waals surface area (Å²) in [6.45, 7) is 1.98. The SMILES string of the molecule is COc1ccc(C)cc1-n1c(SCc2ccc(Cl)nc2)nc2ccccc2c1=O. The van der Waals surface area contributed by atoms with Crippen LogP contribution in [0.15, 0.2) is 70.7 Å². The van der Waals surface area contributed by atoms with Crippen LogP contribution in [0, 0.1) is 6.92 Å². The third-order valence-corrected chi connectivity index (χ3v) is 5.71. The zero-order valence-corrected chi connectivity index (χ0v) is 17.5. The first-order chi connectivity index (χ1) is 14.1. The second-order valence-corrected chi connectivity index (χ2v) is 7.83. The van der Waals surface area contributed by atoms with Crippen molar-refractivity contribution in [1.29, 1.82) is 0 Å². The molecule has 2 heterocycles. The smallest absolute Gasteiger partial charge is 0.266 e. The molecule has 0 fully saturated rings. The lowest BCUT2D eigenvalue weighted by Gasteiger charge is -2.16. The van der Waals surface area contributed by atoms with Gasteiger partial charge in [0.05, 0.1) is 23.7 Å². The summed E-state index contributed by atoms with van der Waals surface area (Å²) in [5.41, 5.74) is 3.23. The number of ether oxygens (including phenoxy) is 1. The Labute approximate surface area is 177 Å². The Kier molecular flexibility index (Phi) is 5.56. The number of para-hydroxylation sites is 1. The molecule has 0 amide bonds. The standard InChI is InChI=1S/C22H18ClN3O2S/c1-14-7-9-19(28-2)18(11-14)26-21(27)16-5-3-4-6-17(16)25-22(26)29-13-15-8-10-20(23)24-12-15/h3-12H,13H2,1-2H3. The van der Waals surface area contributed by atoms with Crippen molar-refractivity contribution >= 4 is 34.3 Å². The topological polar surface area (TPSA) is 57.0 Å². The molecule has 0 bridgehead atoms. The van der Waals surface area contributed by atoms with Crippen molar-refractivity contribution in [3.8, 4) is 11.4 Å². The van der Waals surface area contributed by atoms with Crippen LogP contribution < -0.4 is 10.3 Å². The van der Waals surface area contributed by atoms with E-state index in [-0.39, 0.29) is 5.56 Å². The molecule has 0 spiro atoms. The zero-order chi connectivity index (χ0) is 20.4. The highest BCUT2D eigenvalue weighted by Crippen LogP contribution is 2.29. The van der Waals surface area contributed by atoms with Crippen molar-refractivity contribution in [2.75, 3.05) is 7.11 Å². The summed E-state index contributed by atoms with van der Waals surface area (Å²) in [6, 6.07) is 16.8. The maximum atomic E-state index is 13.4. The number of nitrogens with zero attached hydrogens (tertiary/aromatic N) is 3. The van der Waals surface area contributed by atoms with Crippen molar-refractivity contribution in [2.45, 2.75) is 17.8 Å². The fourth-order valence-corrected chi connectivity index (χ4v) is 4.09. The normalized spacial score (nSPS) is 11.0. The predicted octanol–water partition coefficient (Wildman–Crippen LogP) is 5.04. The van der Waals surface area contributed by atoms with E-state index in [1.807, 2.05) is 49.4 Å². The van der Waals surface area contributed by atoms with Gasteiger partial charge in [0.1, 0.15) is 10.9 Å². The molecule has 0 unspecified atom stereocenters. The molecule has 0 aliphatic heterocycles. The second-order valence-electron chi connectivity index (χ2n) is 6.51. The summed E-state index contributed by atoms with van der Waals surface area (Å²) < 4.78 is 7.16. The van der Waals surface area contributed by atoms with E-state index in [1.165, 1.54) is 11.8 Å². The van der Waals surface area contributed by atoms with Gasteiger partial charge < -0.3 is 4.74 Å². The highest BCUT2D eigenvalue weighted by atomic mass is 35.5. The van der Waals surface area contributed by atoms with Gasteiger partial charge in [-0.15, -0.1) is 0 Å². The van der Waals surface area contributed by atoms with Gasteiger partial charge in [0.2, 0.25) is 0 Å². The van der Waals surface area contributed by atoms with Crippen LogP contribution in [0.1, 0.15) is 11.1 Å². The third-order valence-electron chi connectivity index (χ3n) is 4.48. The monoisotopic (exact) mass is 423 g/mol. The van der Waals surface area contributed by atoms with Gasteiger partial charge in [0.15, 0.2) is 5.16 Å². The molecule has 0 saturated carbocycles. The van der Waals surface area contributed by atoms with Gasteiger partial charge in [-0.1, -0.05) is 47.6 Å². The molecule has 4 rings (SSSR count). The molecule has 29 heavy (non-hydrogen) atoms. The molecule has 4 aromatic rings. The molecule has 0 atom stereocenters. The molecular formula is C22H18ClN3O2S. The maximum Gasteiger partial charge on any atom is 0.266 e. The Bertz CT molecular complexity index is 1240. The number of rotatable bonds is 5. The summed E-state index contributed by atoms with van der Waals surface area (Å²) in [6.07, 6.45) is 1.73. The van der Waals surface area contributed by atoms with Gasteiger partial charge >= 0.3 is 0 Å². The number of thioether (sulfide) groups is 1. The number of hydrogen-bond acceptors (Lipinski definition) is 5. The van der Waals surface area contributed by atoms with Gasteiger partial charge in [-0.2, -0.15) is 0 Å². The van der Waals surface area contributed by atoms with Crippen molar-refractivity contribution in [2.24, 2.45) is 0 Å². The second kappa shape index (κ2) is 8.27. The molecule has 0 aliphatic carbocycles. The summed E-state index contributed by atoms with van der Waals surface area (Å²) in [5, 5.41) is 1.60. The molecule has 0 saturated heterocycles. The predicted molar refractivity (Wildman–Crippen MR) is 117 cm³/mol. The maximum absolute atomic E-state index is 13.4. The first-order valence-electron chi connectivity index (χ1n) is 8.97. The zero-order valence-electron chi connectivity index (χ0n) is 15.9. The Balaban J connectivity index is 1.88. The van der Waals surface area contributed by atoms with Crippen molar-refractivity contribution in [1.82, 2.24) is 14.5 Å². The number of benzene rings is 2. The minimum atomic E-state index is -0.128. The van der Waals surface area contributed by atoms with Gasteiger partial charge in [0.25, 0.3) is 5.56 Å². The first kappa shape index (κ1) is 19.5. The lowest BCUT2D eigenvalue weighted by Crippen LogP contribution is -2.22. The summed E-state index contributed by atoms with van der Waals surface area (Å²) in [5.74, 6) is 1.22. The van der Waals surface area contributed by atoms with E-state index in [1.54, 1.807) is 30.0 Å². The van der Waals surface area contributed by atoms with E-state index >= 15 is 0 Å². The van der Waals surface area contributed by atoms with E-state index < -0.39 is 0 Å². The van der Waals surface area contributed by atoms with Crippen LogP contribution in [0.2, 0.25) is 5.15 Å². The van der Waals surface area contributed by atoms with Crippen LogP contribution in [0.3, 0.4) is 0 Å². The molecule has 2 aromatic heterocycles. The van der Waals surface area contributed by atoms with Crippen molar-refractivity contribution in [3.63, 3.8) is 0 Å². The highest BCUT2D eigenvalue weighted by molar-refractivity contribution is 7.98. The molecule has 0 radical (unpaired) electrons. The van der Waals surface area contributed by atoms with Crippen LogP contribution in [0.25, 0.3) is 16.6 Å². The number of aromatic nitrogens is 3. The summed E-state index contributed by atoms with van der Waals surface area (Å²) in [7, 11) is 1.60. The van der Waals surface area contributed by atoms with E-state index in [0.29, 0.717) is 38.4 Å². The third kappa shape index (κ3) is 3.99. The number of halogens is 1. The molecule has 146 valence electrons. The van der Waals surface area contributed by atoms with Gasteiger partial charge in [-0.25, -0.2) is 9.97 Å². The number of methoxy groups -OCH3 is 1. The lowest BCUT2D eigenvalue weighted by atomic mass is 10.2. The van der Waals surface area contributed by atoms with E-state index in [9.17, 15) is 4.79 Å². The van der Waals surface area contributed by atoms with E-state index in [4.69, 9.17) is 21.3 Å². The number of aryl methyl sites for hydroxylation is 1. The number of fused-ring (bicyclic) bond motifs is 1. The van der Waals surface area contributed by atoms with Gasteiger partial charge in [0, 0.05) is 11.9 Å². The Hall–Kier alpha value is -2.83. The van der Waals surface area contributed by atoms with Crippen molar-refractivity contribution < 1.29 is 4.74 Å². The number of pyridine rings is 1. The van der Waals surface area contributed by atoms with Crippen LogP contribution in [-0.2, 0) is 5.75 Å². The molecule has 5 nitrogen and oxygen atoms in total. The van der Waals surface area contributed by atoms with Crippen LogP contribution in [0.5, 0.6) is 5.75 Å². The Morgan fingerprint density at radius 1 is 1.14 bits per heavy atom. The fraction of sp³-hybridized carbons (Fsp3) is 0.136. The Morgan fingerprint density at radius 2 is 1.97 bits per heavy atom. The fourth-order valence-electron chi connectivity index (χ4n) is 3.04. The Morgan fingerprint density at radius 3 is 2.72 bits per heavy atom. The number of hydrogen-bond donors (Lipinski definition) is 0. The summed E-state index contributed by atoms with van der Waals surface area (Å²) >= 11 is 7.35. The first-order valence-corrected chi connectivity index (χ1v) is 10.3. The largest absolute Gasteiger partial charge is 0.495 e. The van der Waals surface area contributed by atoms with Gasteiger partial charge in [-0.05, 0) is 48.4 Å². The summed E-state index contributed by atoms with van der Waals surface area (Å²) in [4.78, 5) is 22.3. The van der Waals surface area contributed by atoms with Crippen LogP contribution >= 0.6 is 23.4 Å². The van der Waals surface area contributed by atoms with Crippen LogP contribution in [-0.4, -0.2) is 21.6 Å². The quantitative estimate of drug-likeness (QED) is 0.255. The van der Waals surface area contributed by atoms with Crippen LogP contribution in [0.4, 0.5) is 0 Å². The minimum absolute atomic E-state index is 0.128. The lowest BCUT2D eigenvalue weighted by molar-refractivity contribution is 0.411. The molecule has 0 N–H and O–H groups in total. The van der Waals surface area contributed by atoms with E-state index in [0.717, 1.165) is 11.1 Å². The van der Waals surface area contributed by atoms with E-state index in [2.05, 4.69) is 4.98 Å². The average molecular weight is 424 g/mol. The van der Waals surface area contributed by atoms with Gasteiger partial charge in [-0.3, -0.25) is 9.36 Å². The highest BCUT2D eigenvalue weighted by Gasteiger charge is 2.17. The average Bonchev–Trinajstić information content (AvgIpc) is 2.73. The minimum Gasteiger partial charge on any atom is -0.495 e. The molecule has 0 aliphatic rings. The molecular weight excluding hydrogens is 406 g/mol.